The van der Waals surface area contributed by atoms with E-state index in [-0.39, 0.29) is 4.90 Å². The smallest absolute Gasteiger partial charge is 0.268 e. The zero-order valence-corrected chi connectivity index (χ0v) is 17.7. The number of hydrogen-bond donors (Lipinski definition) is 0. The number of ether oxygens (including phenoxy) is 2. The van der Waals surface area contributed by atoms with E-state index in [0.717, 1.165) is 12.1 Å². The first kappa shape index (κ1) is 20.2. The fraction of sp³-hybridized carbons (Fsp3) is 0.333. The predicted octanol–water partition coefficient (Wildman–Crippen LogP) is 3.44. The average Bonchev–Trinajstić information content (AvgIpc) is 2.93. The summed E-state index contributed by atoms with van der Waals surface area (Å²) in [6.45, 7) is 4.87. The highest BCUT2D eigenvalue weighted by molar-refractivity contribution is 7.90. The molecule has 6 nitrogen and oxygen atoms in total. The quantitative estimate of drug-likeness (QED) is 0.606. The summed E-state index contributed by atoms with van der Waals surface area (Å²) in [4.78, 5) is 2.26. The van der Waals surface area contributed by atoms with Crippen LogP contribution in [0.1, 0.15) is 11.3 Å². The van der Waals surface area contributed by atoms with E-state index in [2.05, 4.69) is 0 Å². The highest BCUT2D eigenvalue weighted by atomic mass is 32.2. The van der Waals surface area contributed by atoms with E-state index >= 15 is 0 Å². The van der Waals surface area contributed by atoms with Crippen LogP contribution >= 0.6 is 0 Å². The Balaban J connectivity index is 2.19. The minimum atomic E-state index is -3.77. The van der Waals surface area contributed by atoms with Crippen LogP contribution in [0.3, 0.4) is 0 Å². The third-order valence-corrected chi connectivity index (χ3v) is 6.46. The van der Waals surface area contributed by atoms with Crippen LogP contribution in [0.5, 0.6) is 11.5 Å². The largest absolute Gasteiger partial charge is 0.497 e. The van der Waals surface area contributed by atoms with E-state index in [1.165, 1.54) is 3.97 Å². The Morgan fingerprint density at radius 2 is 1.71 bits per heavy atom. The second kappa shape index (κ2) is 7.85. The van der Waals surface area contributed by atoms with Gasteiger partial charge in [-0.15, -0.1) is 0 Å². The van der Waals surface area contributed by atoms with E-state index in [9.17, 15) is 8.42 Å². The summed E-state index contributed by atoms with van der Waals surface area (Å²) in [5, 5.41) is 0.714. The van der Waals surface area contributed by atoms with E-state index in [0.29, 0.717) is 34.7 Å². The summed E-state index contributed by atoms with van der Waals surface area (Å²) < 4.78 is 39.5. The van der Waals surface area contributed by atoms with E-state index in [4.69, 9.17) is 9.47 Å². The van der Waals surface area contributed by atoms with E-state index in [1.54, 1.807) is 50.4 Å². The van der Waals surface area contributed by atoms with Crippen LogP contribution < -0.4 is 9.47 Å². The van der Waals surface area contributed by atoms with Crippen LogP contribution in [0, 0.1) is 13.8 Å². The van der Waals surface area contributed by atoms with Gasteiger partial charge in [-0.1, -0.05) is 17.7 Å². The Bertz CT molecular complexity index is 1080. The number of aryl methyl sites for hydroxylation is 1. The fourth-order valence-electron chi connectivity index (χ4n) is 3.11. The van der Waals surface area contributed by atoms with Gasteiger partial charge in [0, 0.05) is 11.9 Å². The van der Waals surface area contributed by atoms with E-state index in [1.807, 2.05) is 32.0 Å². The fourth-order valence-corrected chi connectivity index (χ4v) is 4.66. The average molecular weight is 403 g/mol. The Morgan fingerprint density at radius 1 is 1.04 bits per heavy atom. The SMILES string of the molecule is COc1ccc2c(c1)c(OCCN(C)C)c(C)n2S(=O)(=O)c1ccc(C)cc1. The first-order valence-corrected chi connectivity index (χ1v) is 10.5. The lowest BCUT2D eigenvalue weighted by Gasteiger charge is -2.12. The molecule has 7 heteroatoms. The molecule has 0 fully saturated rings. The molecule has 0 atom stereocenters. The molecule has 0 N–H and O–H groups in total. The van der Waals surface area contributed by atoms with Crippen molar-refractivity contribution in [3.63, 3.8) is 0 Å². The van der Waals surface area contributed by atoms with E-state index < -0.39 is 10.0 Å². The minimum absolute atomic E-state index is 0.244. The van der Waals surface area contributed by atoms with Crippen LogP contribution in [0.15, 0.2) is 47.4 Å². The first-order valence-electron chi connectivity index (χ1n) is 9.04. The van der Waals surface area contributed by atoms with Crippen molar-refractivity contribution in [3.8, 4) is 11.5 Å². The van der Waals surface area contributed by atoms with Crippen molar-refractivity contribution in [2.75, 3.05) is 34.4 Å². The Hall–Kier alpha value is -2.51. The zero-order chi connectivity index (χ0) is 20.5. The summed E-state index contributed by atoms with van der Waals surface area (Å²) >= 11 is 0. The van der Waals surface area contributed by atoms with Gasteiger partial charge in [-0.05, 0) is 58.3 Å². The second-order valence-electron chi connectivity index (χ2n) is 7.03. The molecule has 0 aliphatic rings. The van der Waals surface area contributed by atoms with Crippen LogP contribution in [0.25, 0.3) is 10.9 Å². The molecule has 1 aromatic heterocycles. The number of benzene rings is 2. The molecule has 0 saturated carbocycles. The molecular formula is C21H26N2O4S. The highest BCUT2D eigenvalue weighted by Gasteiger charge is 2.26. The maximum Gasteiger partial charge on any atom is 0.268 e. The lowest BCUT2D eigenvalue weighted by Crippen LogP contribution is -2.20. The van der Waals surface area contributed by atoms with Gasteiger partial charge in [-0.25, -0.2) is 12.4 Å². The summed E-state index contributed by atoms with van der Waals surface area (Å²) in [6, 6.07) is 12.2. The van der Waals surface area contributed by atoms with Gasteiger partial charge in [0.05, 0.1) is 23.2 Å². The number of nitrogens with zero attached hydrogens (tertiary/aromatic N) is 2. The molecule has 28 heavy (non-hydrogen) atoms. The first-order chi connectivity index (χ1) is 13.3. The maximum absolute atomic E-state index is 13.4. The number of rotatable bonds is 7. The molecule has 3 rings (SSSR count). The molecule has 1 heterocycles. The molecule has 0 unspecified atom stereocenters. The van der Waals surface area contributed by atoms with Crippen molar-refractivity contribution in [3.05, 3.63) is 53.7 Å². The molecular weight excluding hydrogens is 376 g/mol. The molecule has 2 aromatic carbocycles. The molecule has 0 amide bonds. The molecule has 0 radical (unpaired) electrons. The molecule has 0 bridgehead atoms. The minimum Gasteiger partial charge on any atom is -0.497 e. The van der Waals surface area contributed by atoms with Crippen molar-refractivity contribution in [2.45, 2.75) is 18.7 Å². The van der Waals surface area contributed by atoms with Crippen molar-refractivity contribution in [1.29, 1.82) is 0 Å². The molecule has 150 valence electrons. The highest BCUT2D eigenvalue weighted by Crippen LogP contribution is 2.37. The number of aromatic nitrogens is 1. The summed E-state index contributed by atoms with van der Waals surface area (Å²) in [7, 11) is 1.74. The van der Waals surface area contributed by atoms with Gasteiger partial charge < -0.3 is 14.4 Å². The maximum atomic E-state index is 13.4. The lowest BCUT2D eigenvalue weighted by atomic mass is 10.2. The van der Waals surface area contributed by atoms with Gasteiger partial charge in [-0.3, -0.25) is 0 Å². The zero-order valence-electron chi connectivity index (χ0n) is 16.9. The third kappa shape index (κ3) is 3.72. The van der Waals surface area contributed by atoms with Crippen LogP contribution in [-0.4, -0.2) is 51.6 Å². The monoisotopic (exact) mass is 402 g/mol. The normalized spacial score (nSPS) is 11.9. The van der Waals surface area contributed by atoms with Gasteiger partial charge in [0.25, 0.3) is 10.0 Å². The lowest BCUT2D eigenvalue weighted by molar-refractivity contribution is 0.262. The topological polar surface area (TPSA) is 60.8 Å². The van der Waals surface area contributed by atoms with Gasteiger partial charge in [0.1, 0.15) is 18.1 Å². The number of hydrogen-bond acceptors (Lipinski definition) is 5. The summed E-state index contributed by atoms with van der Waals surface area (Å²) in [6.07, 6.45) is 0. The standard InChI is InChI=1S/C21H26N2O4S/c1-15-6-9-18(10-7-15)28(24,25)23-16(2)21(27-13-12-22(3)4)19-14-17(26-5)8-11-20(19)23/h6-11,14H,12-13H2,1-5H3. The summed E-state index contributed by atoms with van der Waals surface area (Å²) in [5.41, 5.74) is 2.12. The number of fused-ring (bicyclic) bond motifs is 1. The second-order valence-corrected chi connectivity index (χ2v) is 8.82. The molecule has 0 aliphatic carbocycles. The van der Waals surface area contributed by atoms with Gasteiger partial charge in [0.2, 0.25) is 0 Å². The Labute approximate surface area is 166 Å². The van der Waals surface area contributed by atoms with Gasteiger partial charge in [0.15, 0.2) is 0 Å². The molecule has 0 saturated heterocycles. The van der Waals surface area contributed by atoms with Crippen molar-refractivity contribution in [2.24, 2.45) is 0 Å². The predicted molar refractivity (Wildman–Crippen MR) is 111 cm³/mol. The summed E-state index contributed by atoms with van der Waals surface area (Å²) in [5.74, 6) is 1.21. The van der Waals surface area contributed by atoms with Crippen molar-refractivity contribution in [1.82, 2.24) is 8.87 Å². The number of likely N-dealkylation sites (N-methyl/N-ethyl adjacent to an activating group) is 1. The van der Waals surface area contributed by atoms with Crippen molar-refractivity contribution < 1.29 is 17.9 Å². The van der Waals surface area contributed by atoms with Crippen LogP contribution in [-0.2, 0) is 10.0 Å². The molecule has 3 aromatic rings. The Morgan fingerprint density at radius 3 is 2.32 bits per heavy atom. The number of methoxy groups -OCH3 is 1. The van der Waals surface area contributed by atoms with Gasteiger partial charge >= 0.3 is 0 Å². The van der Waals surface area contributed by atoms with Crippen LogP contribution in [0.4, 0.5) is 0 Å². The molecule has 0 aliphatic heterocycles. The molecule has 0 spiro atoms. The van der Waals surface area contributed by atoms with Crippen LogP contribution in [0.2, 0.25) is 0 Å². The Kier molecular flexibility index (Phi) is 5.67. The van der Waals surface area contributed by atoms with Gasteiger partial charge in [-0.2, -0.15) is 0 Å². The van der Waals surface area contributed by atoms with Crippen molar-refractivity contribution >= 4 is 20.9 Å². The third-order valence-electron chi connectivity index (χ3n) is 4.64.